The lowest BCUT2D eigenvalue weighted by atomic mass is 10.1. The number of nitrogens with zero attached hydrogens (tertiary/aromatic N) is 2. The Labute approximate surface area is 219 Å². The first kappa shape index (κ1) is 26.5. The summed E-state index contributed by atoms with van der Waals surface area (Å²) in [5.41, 5.74) is 0.665. The minimum atomic E-state index is -0.593. The number of carbonyl (C=O) groups excluding carboxylic acids is 2. The monoisotopic (exact) mass is 556 g/mol. The molecule has 2 aromatic heterocycles. The van der Waals surface area contributed by atoms with Crippen molar-refractivity contribution in [3.63, 3.8) is 0 Å². The minimum absolute atomic E-state index is 0.0356. The molecule has 0 aliphatic carbocycles. The van der Waals surface area contributed by atoms with Crippen LogP contribution in [0.5, 0.6) is 5.75 Å². The Morgan fingerprint density at radius 3 is 2.54 bits per heavy atom. The smallest absolute Gasteiger partial charge is 0.267 e. The molecule has 3 aromatic rings. The minimum Gasteiger partial charge on any atom is -0.494 e. The molecular formula is C21H19Cl3N6O4S. The van der Waals surface area contributed by atoms with E-state index in [2.05, 4.69) is 20.9 Å². The van der Waals surface area contributed by atoms with Gasteiger partial charge < -0.3 is 20.7 Å². The predicted octanol–water partition coefficient (Wildman–Crippen LogP) is 4.96. The molecule has 0 aliphatic heterocycles. The average molecular weight is 558 g/mol. The molecule has 1 aromatic carbocycles. The van der Waals surface area contributed by atoms with Gasteiger partial charge in [-0.1, -0.05) is 34.8 Å². The molecule has 35 heavy (non-hydrogen) atoms. The maximum atomic E-state index is 13.1. The van der Waals surface area contributed by atoms with E-state index in [0.717, 1.165) is 11.3 Å². The molecule has 0 unspecified atom stereocenters. The fourth-order valence-electron chi connectivity index (χ4n) is 2.80. The number of ether oxygens (including phenoxy) is 1. The number of benzene rings is 1. The number of thiophene rings is 1. The number of aromatic nitrogens is 1. The Balaban J connectivity index is 1.87. The summed E-state index contributed by atoms with van der Waals surface area (Å²) in [6.45, 7) is 0.109. The number of hydrogen-bond acceptors (Lipinski definition) is 7. The van der Waals surface area contributed by atoms with Crippen LogP contribution in [0.3, 0.4) is 0 Å². The Hall–Kier alpha value is -3.09. The second kappa shape index (κ2) is 11.6. The normalized spacial score (nSPS) is 10.5. The van der Waals surface area contributed by atoms with Gasteiger partial charge in [-0.05, 0) is 23.6 Å². The second-order valence-electron chi connectivity index (χ2n) is 6.93. The van der Waals surface area contributed by atoms with Crippen LogP contribution in [0.4, 0.5) is 11.5 Å². The molecule has 10 nitrogen and oxygen atoms in total. The molecule has 14 heteroatoms. The van der Waals surface area contributed by atoms with E-state index in [1.165, 1.54) is 38.6 Å². The topological polar surface area (TPSA) is 140 Å². The lowest BCUT2D eigenvalue weighted by Crippen LogP contribution is -2.35. The SMILES string of the molecule is COc1cc(Cl)cc(C(=O)Nc2ccc(Cl)cn2)c1NC(=O)c1scc(CNC(=N)N(C)O)c1Cl. The van der Waals surface area contributed by atoms with Crippen LogP contribution >= 0.6 is 46.1 Å². The zero-order chi connectivity index (χ0) is 25.7. The van der Waals surface area contributed by atoms with Crippen LogP contribution in [-0.4, -0.2) is 47.2 Å². The Morgan fingerprint density at radius 2 is 1.91 bits per heavy atom. The molecule has 0 bridgehead atoms. The molecule has 0 aliphatic rings. The van der Waals surface area contributed by atoms with Crippen molar-refractivity contribution in [2.45, 2.75) is 6.54 Å². The van der Waals surface area contributed by atoms with Crippen LogP contribution in [0.15, 0.2) is 35.8 Å². The van der Waals surface area contributed by atoms with E-state index in [1.807, 2.05) is 0 Å². The molecule has 0 atom stereocenters. The van der Waals surface area contributed by atoms with Gasteiger partial charge in [0.1, 0.15) is 16.4 Å². The van der Waals surface area contributed by atoms with Gasteiger partial charge in [0.05, 0.1) is 28.4 Å². The molecule has 0 fully saturated rings. The number of nitrogens with one attached hydrogen (secondary N) is 4. The van der Waals surface area contributed by atoms with E-state index in [0.29, 0.717) is 15.6 Å². The summed E-state index contributed by atoms with van der Waals surface area (Å²) in [6, 6.07) is 5.93. The fraction of sp³-hybridized carbons (Fsp3) is 0.143. The van der Waals surface area contributed by atoms with Gasteiger partial charge in [0.2, 0.25) is 5.96 Å². The number of hydrogen-bond donors (Lipinski definition) is 5. The zero-order valence-corrected chi connectivity index (χ0v) is 21.4. The molecule has 184 valence electrons. The summed E-state index contributed by atoms with van der Waals surface area (Å²) in [5.74, 6) is -1.01. The summed E-state index contributed by atoms with van der Waals surface area (Å²) >= 11 is 19.5. The molecule has 3 rings (SSSR count). The summed E-state index contributed by atoms with van der Waals surface area (Å²) in [5, 5.41) is 27.8. The Bertz CT molecular complexity index is 1270. The molecule has 0 radical (unpaired) electrons. The third-order valence-corrected chi connectivity index (χ3v) is 6.53. The molecular weight excluding hydrogens is 539 g/mol. The van der Waals surface area contributed by atoms with Crippen LogP contribution in [0.1, 0.15) is 25.6 Å². The Morgan fingerprint density at radius 1 is 1.17 bits per heavy atom. The number of rotatable bonds is 7. The maximum Gasteiger partial charge on any atom is 0.267 e. The summed E-state index contributed by atoms with van der Waals surface area (Å²) in [6.07, 6.45) is 1.38. The van der Waals surface area contributed by atoms with Gasteiger partial charge >= 0.3 is 0 Å². The van der Waals surface area contributed by atoms with Crippen LogP contribution in [-0.2, 0) is 6.54 Å². The van der Waals surface area contributed by atoms with Crippen molar-refractivity contribution < 1.29 is 19.5 Å². The Kier molecular flexibility index (Phi) is 8.76. The van der Waals surface area contributed by atoms with E-state index >= 15 is 0 Å². The van der Waals surface area contributed by atoms with E-state index in [-0.39, 0.29) is 50.2 Å². The highest BCUT2D eigenvalue weighted by atomic mass is 35.5. The van der Waals surface area contributed by atoms with E-state index < -0.39 is 11.8 Å². The van der Waals surface area contributed by atoms with Crippen molar-refractivity contribution >= 4 is 75.4 Å². The average Bonchev–Trinajstić information content (AvgIpc) is 3.19. The first-order chi connectivity index (χ1) is 16.6. The molecule has 2 amide bonds. The number of amides is 2. The van der Waals surface area contributed by atoms with E-state index in [1.54, 1.807) is 11.4 Å². The van der Waals surface area contributed by atoms with Crippen LogP contribution in [0.2, 0.25) is 15.1 Å². The van der Waals surface area contributed by atoms with Crippen molar-refractivity contribution in [2.75, 3.05) is 24.8 Å². The highest BCUT2D eigenvalue weighted by Gasteiger charge is 2.23. The van der Waals surface area contributed by atoms with Gasteiger partial charge in [0.25, 0.3) is 11.8 Å². The van der Waals surface area contributed by atoms with E-state index in [9.17, 15) is 14.8 Å². The van der Waals surface area contributed by atoms with Crippen molar-refractivity contribution in [2.24, 2.45) is 0 Å². The molecule has 0 spiro atoms. The largest absolute Gasteiger partial charge is 0.494 e. The van der Waals surface area contributed by atoms with E-state index in [4.69, 9.17) is 44.9 Å². The fourth-order valence-corrected chi connectivity index (χ4v) is 4.38. The lowest BCUT2D eigenvalue weighted by molar-refractivity contribution is 0.00799. The molecule has 0 saturated heterocycles. The number of halogens is 3. The third-order valence-electron chi connectivity index (χ3n) is 4.52. The highest BCUT2D eigenvalue weighted by Crippen LogP contribution is 2.35. The van der Waals surface area contributed by atoms with Crippen LogP contribution < -0.4 is 20.7 Å². The summed E-state index contributed by atoms with van der Waals surface area (Å²) < 4.78 is 5.34. The standard InChI is InChI=1S/C21H19Cl3N6O4S/c1-30(33)21(25)27-7-10-9-35-18(16(10)24)20(32)29-17-13(5-12(23)6-14(17)34-2)19(31)28-15-4-3-11(22)8-26-15/h3-6,8-9,33H,7H2,1-2H3,(H2,25,27)(H,29,32)(H,26,28,31). The van der Waals surface area contributed by atoms with Crippen LogP contribution in [0, 0.1) is 5.41 Å². The molecule has 2 heterocycles. The number of hydroxylamine groups is 2. The number of pyridine rings is 1. The zero-order valence-electron chi connectivity index (χ0n) is 18.3. The highest BCUT2D eigenvalue weighted by molar-refractivity contribution is 7.13. The maximum absolute atomic E-state index is 13.1. The number of methoxy groups -OCH3 is 1. The number of guanidine groups is 1. The molecule has 0 saturated carbocycles. The third kappa shape index (κ3) is 6.53. The van der Waals surface area contributed by atoms with Gasteiger partial charge in [-0.2, -0.15) is 0 Å². The van der Waals surface area contributed by atoms with Gasteiger partial charge in [0, 0.05) is 36.4 Å². The van der Waals surface area contributed by atoms with Crippen molar-refractivity contribution in [1.82, 2.24) is 15.4 Å². The van der Waals surface area contributed by atoms with Gasteiger partial charge in [-0.15, -0.1) is 11.3 Å². The van der Waals surface area contributed by atoms with Crippen LogP contribution in [0.25, 0.3) is 0 Å². The van der Waals surface area contributed by atoms with Crippen molar-refractivity contribution in [3.8, 4) is 5.75 Å². The number of anilines is 2. The molecule has 5 N–H and O–H groups in total. The first-order valence-corrected chi connectivity index (χ1v) is 11.7. The van der Waals surface area contributed by atoms with Gasteiger partial charge in [0.15, 0.2) is 0 Å². The predicted molar refractivity (Wildman–Crippen MR) is 137 cm³/mol. The second-order valence-corrected chi connectivity index (χ2v) is 9.06. The summed E-state index contributed by atoms with van der Waals surface area (Å²) in [4.78, 5) is 30.3. The van der Waals surface area contributed by atoms with Crippen molar-refractivity contribution in [1.29, 1.82) is 5.41 Å². The quantitative estimate of drug-likeness (QED) is 0.157. The van der Waals surface area contributed by atoms with Gasteiger partial charge in [-0.25, -0.2) is 10.0 Å². The lowest BCUT2D eigenvalue weighted by Gasteiger charge is -2.15. The summed E-state index contributed by atoms with van der Waals surface area (Å²) in [7, 11) is 2.67. The van der Waals surface area contributed by atoms with Crippen molar-refractivity contribution in [3.05, 3.63) is 66.9 Å². The van der Waals surface area contributed by atoms with Gasteiger partial charge in [-0.3, -0.25) is 20.2 Å². The number of carbonyl (C=O) groups is 2. The first-order valence-electron chi connectivity index (χ1n) is 9.73.